The van der Waals surface area contributed by atoms with E-state index in [0.717, 1.165) is 12.8 Å². The van der Waals surface area contributed by atoms with Gasteiger partial charge in [0, 0.05) is 0 Å². The quantitative estimate of drug-likeness (QED) is 0.759. The van der Waals surface area contributed by atoms with Crippen LogP contribution in [-0.4, -0.2) is 29.6 Å². The summed E-state index contributed by atoms with van der Waals surface area (Å²) in [6.45, 7) is 1.62. The van der Waals surface area contributed by atoms with Crippen molar-refractivity contribution in [1.82, 2.24) is 5.32 Å². The molecule has 1 amide bonds. The van der Waals surface area contributed by atoms with Crippen molar-refractivity contribution in [1.29, 1.82) is 5.26 Å². The molecule has 1 atom stereocenters. The van der Waals surface area contributed by atoms with E-state index in [2.05, 4.69) is 5.32 Å². The van der Waals surface area contributed by atoms with Gasteiger partial charge in [0.25, 0.3) is 5.91 Å². The number of nitriles is 1. The molecule has 0 saturated heterocycles. The first-order chi connectivity index (χ1) is 10.1. The van der Waals surface area contributed by atoms with Crippen LogP contribution in [0.1, 0.15) is 31.7 Å². The third-order valence-corrected chi connectivity index (χ3v) is 2.85. The zero-order valence-electron chi connectivity index (χ0n) is 11.8. The Balaban J connectivity index is 2.53. The van der Waals surface area contributed by atoms with E-state index in [1.807, 2.05) is 13.0 Å². The van der Waals surface area contributed by atoms with Gasteiger partial charge in [0.1, 0.15) is 17.9 Å². The molecule has 112 valence electrons. The monoisotopic (exact) mass is 290 g/mol. The topological polar surface area (TPSA) is 99.4 Å². The second-order valence-electron chi connectivity index (χ2n) is 4.50. The second kappa shape index (κ2) is 8.59. The fraction of sp³-hybridized carbons (Fsp3) is 0.400. The normalized spacial score (nSPS) is 11.2. The van der Waals surface area contributed by atoms with Crippen molar-refractivity contribution in [2.24, 2.45) is 0 Å². The van der Waals surface area contributed by atoms with Crippen LogP contribution < -0.4 is 10.1 Å². The molecule has 2 N–H and O–H groups in total. The summed E-state index contributed by atoms with van der Waals surface area (Å²) in [5, 5.41) is 20.3. The van der Waals surface area contributed by atoms with E-state index < -0.39 is 17.9 Å². The lowest BCUT2D eigenvalue weighted by molar-refractivity contribution is -0.142. The van der Waals surface area contributed by atoms with Crippen LogP contribution in [-0.2, 0) is 9.59 Å². The Morgan fingerprint density at radius 3 is 2.76 bits per heavy atom. The molecule has 0 bridgehead atoms. The van der Waals surface area contributed by atoms with E-state index in [9.17, 15) is 9.59 Å². The summed E-state index contributed by atoms with van der Waals surface area (Å²) >= 11 is 0. The first-order valence-electron chi connectivity index (χ1n) is 6.72. The number of carbonyl (C=O) groups is 2. The summed E-state index contributed by atoms with van der Waals surface area (Å²) in [6.07, 6.45) is 1.95. The number of amides is 1. The molecular formula is C15H18N2O4. The Morgan fingerprint density at radius 1 is 1.43 bits per heavy atom. The summed E-state index contributed by atoms with van der Waals surface area (Å²) in [5.74, 6) is -1.28. The van der Waals surface area contributed by atoms with Crippen molar-refractivity contribution >= 4 is 11.9 Å². The maximum Gasteiger partial charge on any atom is 0.326 e. The molecule has 1 rings (SSSR count). The Kier molecular flexibility index (Phi) is 6.75. The minimum atomic E-state index is -1.06. The molecule has 0 aliphatic rings. The Morgan fingerprint density at radius 2 is 2.14 bits per heavy atom. The van der Waals surface area contributed by atoms with Crippen molar-refractivity contribution < 1.29 is 19.4 Å². The lowest BCUT2D eigenvalue weighted by atomic mass is 10.1. The molecule has 0 fully saturated rings. The predicted molar refractivity (Wildman–Crippen MR) is 75.7 cm³/mol. The van der Waals surface area contributed by atoms with Gasteiger partial charge in [0.15, 0.2) is 6.61 Å². The molecule has 0 aliphatic heterocycles. The number of hydrogen-bond donors (Lipinski definition) is 2. The molecule has 0 radical (unpaired) electrons. The summed E-state index contributed by atoms with van der Waals surface area (Å²) < 4.78 is 5.25. The van der Waals surface area contributed by atoms with E-state index >= 15 is 0 Å². The Hall–Kier alpha value is -2.55. The molecule has 21 heavy (non-hydrogen) atoms. The highest BCUT2D eigenvalue weighted by Gasteiger charge is 2.19. The number of hydrogen-bond acceptors (Lipinski definition) is 4. The van der Waals surface area contributed by atoms with Crippen LogP contribution in [0, 0.1) is 11.3 Å². The van der Waals surface area contributed by atoms with Crippen LogP contribution in [0.3, 0.4) is 0 Å². The van der Waals surface area contributed by atoms with Crippen LogP contribution >= 0.6 is 0 Å². The lowest BCUT2D eigenvalue weighted by Crippen LogP contribution is -2.42. The largest absolute Gasteiger partial charge is 0.482 e. The highest BCUT2D eigenvalue weighted by atomic mass is 16.5. The smallest absolute Gasteiger partial charge is 0.326 e. The van der Waals surface area contributed by atoms with Crippen LogP contribution in [0.4, 0.5) is 0 Å². The van der Waals surface area contributed by atoms with Crippen molar-refractivity contribution in [2.45, 2.75) is 32.2 Å². The minimum absolute atomic E-state index is 0.301. The number of nitrogens with zero attached hydrogens (tertiary/aromatic N) is 1. The minimum Gasteiger partial charge on any atom is -0.482 e. The number of rotatable bonds is 8. The van der Waals surface area contributed by atoms with Gasteiger partial charge in [-0.2, -0.15) is 5.26 Å². The molecule has 6 nitrogen and oxygen atoms in total. The number of carbonyl (C=O) groups excluding carboxylic acids is 1. The van der Waals surface area contributed by atoms with E-state index in [0.29, 0.717) is 17.7 Å². The van der Waals surface area contributed by atoms with E-state index in [1.54, 1.807) is 24.3 Å². The molecule has 1 aromatic carbocycles. The van der Waals surface area contributed by atoms with E-state index in [4.69, 9.17) is 15.1 Å². The Labute approximate surface area is 123 Å². The van der Waals surface area contributed by atoms with Gasteiger partial charge in [0.2, 0.25) is 0 Å². The maximum atomic E-state index is 11.7. The summed E-state index contributed by atoms with van der Waals surface area (Å²) in [4.78, 5) is 22.7. The van der Waals surface area contributed by atoms with Crippen LogP contribution in [0.15, 0.2) is 24.3 Å². The van der Waals surface area contributed by atoms with Gasteiger partial charge in [-0.05, 0) is 18.6 Å². The van der Waals surface area contributed by atoms with Gasteiger partial charge in [-0.1, -0.05) is 31.9 Å². The third kappa shape index (κ3) is 5.53. The highest BCUT2D eigenvalue weighted by Crippen LogP contribution is 2.16. The molecule has 0 heterocycles. The number of benzene rings is 1. The van der Waals surface area contributed by atoms with Crippen molar-refractivity contribution in [2.75, 3.05) is 6.61 Å². The summed E-state index contributed by atoms with van der Waals surface area (Å²) in [7, 11) is 0. The number of carboxylic acids is 1. The number of para-hydroxylation sites is 1. The van der Waals surface area contributed by atoms with Gasteiger partial charge in [0.05, 0.1) is 5.56 Å². The number of nitrogens with one attached hydrogen (secondary N) is 1. The molecule has 0 saturated carbocycles. The standard InChI is InChI=1S/C15H18N2O4/c1-2-3-7-12(15(19)20)17-14(18)10-21-13-8-5-4-6-11(13)9-16/h4-6,8,12H,2-3,7,10H2,1H3,(H,17,18)(H,19,20)/t12-/m0/s1. The molecular weight excluding hydrogens is 272 g/mol. The SMILES string of the molecule is CCCC[C@H](NC(=O)COc1ccccc1C#N)C(=O)O. The number of carboxylic acid groups (broad SMARTS) is 1. The van der Waals surface area contributed by atoms with Crippen molar-refractivity contribution in [3.05, 3.63) is 29.8 Å². The van der Waals surface area contributed by atoms with Crippen LogP contribution in [0.5, 0.6) is 5.75 Å². The molecule has 0 aliphatic carbocycles. The zero-order valence-corrected chi connectivity index (χ0v) is 11.8. The van der Waals surface area contributed by atoms with E-state index in [-0.39, 0.29) is 6.61 Å². The van der Waals surface area contributed by atoms with Gasteiger partial charge in [-0.15, -0.1) is 0 Å². The van der Waals surface area contributed by atoms with Gasteiger partial charge < -0.3 is 15.2 Å². The average Bonchev–Trinajstić information content (AvgIpc) is 2.49. The van der Waals surface area contributed by atoms with Gasteiger partial charge in [-0.25, -0.2) is 4.79 Å². The third-order valence-electron chi connectivity index (χ3n) is 2.85. The fourth-order valence-electron chi connectivity index (χ4n) is 1.73. The predicted octanol–water partition coefficient (Wildman–Crippen LogP) is 1.70. The van der Waals surface area contributed by atoms with Crippen LogP contribution in [0.25, 0.3) is 0 Å². The van der Waals surface area contributed by atoms with Gasteiger partial charge >= 0.3 is 5.97 Å². The van der Waals surface area contributed by atoms with Crippen molar-refractivity contribution in [3.8, 4) is 11.8 Å². The lowest BCUT2D eigenvalue weighted by Gasteiger charge is -2.14. The first kappa shape index (κ1) is 16.5. The summed E-state index contributed by atoms with van der Waals surface area (Å²) in [5.41, 5.74) is 0.325. The Bertz CT molecular complexity index is 537. The van der Waals surface area contributed by atoms with Crippen LogP contribution in [0.2, 0.25) is 0 Å². The zero-order chi connectivity index (χ0) is 15.7. The number of unbranched alkanes of at least 4 members (excludes halogenated alkanes) is 1. The van der Waals surface area contributed by atoms with E-state index in [1.165, 1.54) is 0 Å². The fourth-order valence-corrected chi connectivity index (χ4v) is 1.73. The average molecular weight is 290 g/mol. The maximum absolute atomic E-state index is 11.7. The molecule has 0 spiro atoms. The number of ether oxygens (including phenoxy) is 1. The molecule has 0 aromatic heterocycles. The molecule has 0 unspecified atom stereocenters. The van der Waals surface area contributed by atoms with Gasteiger partial charge in [-0.3, -0.25) is 4.79 Å². The first-order valence-corrected chi connectivity index (χ1v) is 6.72. The molecule has 1 aromatic rings. The highest BCUT2D eigenvalue weighted by molar-refractivity contribution is 5.84. The second-order valence-corrected chi connectivity index (χ2v) is 4.50. The van der Waals surface area contributed by atoms with Crippen molar-refractivity contribution in [3.63, 3.8) is 0 Å². The summed E-state index contributed by atoms with van der Waals surface area (Å²) in [6, 6.07) is 7.59. The molecule has 6 heteroatoms. The number of aliphatic carboxylic acids is 1.